The van der Waals surface area contributed by atoms with E-state index >= 15 is 0 Å². The molecule has 0 amide bonds. The average molecular weight is 766 g/mol. The Hall–Kier alpha value is -6.68. The molecule has 55 heavy (non-hydrogen) atoms. The van der Waals surface area contributed by atoms with E-state index < -0.39 is 0 Å². The number of aromatic nitrogens is 1. The van der Waals surface area contributed by atoms with Gasteiger partial charge in [0.2, 0.25) is 0 Å². The summed E-state index contributed by atoms with van der Waals surface area (Å²) in [6.07, 6.45) is 0. The number of rotatable bonds is 6. The molecule has 11 rings (SSSR count). The van der Waals surface area contributed by atoms with Crippen molar-refractivity contribution in [3.63, 3.8) is 0 Å². The molecule has 0 atom stereocenters. The third kappa shape index (κ3) is 5.23. The normalized spacial score (nSPS) is 11.7. The fourth-order valence-corrected chi connectivity index (χ4v) is 9.21. The fourth-order valence-electron chi connectivity index (χ4n) is 8.55. The van der Waals surface area contributed by atoms with Crippen LogP contribution in [-0.4, -0.2) is 4.98 Å². The van der Waals surface area contributed by atoms with Crippen LogP contribution in [0.2, 0.25) is 0 Å². The van der Waals surface area contributed by atoms with E-state index in [0.29, 0.717) is 0 Å². The van der Waals surface area contributed by atoms with Gasteiger partial charge in [-0.3, -0.25) is 0 Å². The van der Waals surface area contributed by atoms with E-state index in [0.717, 1.165) is 32.7 Å². The number of fused-ring (bicyclic) bond motifs is 2. The molecule has 0 saturated heterocycles. The third-order valence-electron chi connectivity index (χ3n) is 11.2. The van der Waals surface area contributed by atoms with Gasteiger partial charge in [-0.15, -0.1) is 0 Å². The molecule has 0 bridgehead atoms. The SMILES string of the molecule is Brc1c(-c2ccc3ccc4cccc5ccc2c3c45)[nH]c2cc(-c3ccc(-c4ccc(N(c5ccccc5)c5cccc6ccccc56)cc4)cc3)ccc12. The number of H-pyrrole nitrogens is 1. The lowest BCUT2D eigenvalue weighted by Gasteiger charge is -2.27. The van der Waals surface area contributed by atoms with E-state index in [-0.39, 0.29) is 0 Å². The molecule has 258 valence electrons. The Morgan fingerprint density at radius 1 is 0.382 bits per heavy atom. The van der Waals surface area contributed by atoms with Gasteiger partial charge in [-0.2, -0.15) is 0 Å². The highest BCUT2D eigenvalue weighted by Gasteiger charge is 2.18. The smallest absolute Gasteiger partial charge is 0.0615 e. The van der Waals surface area contributed by atoms with E-state index in [1.807, 2.05) is 0 Å². The summed E-state index contributed by atoms with van der Waals surface area (Å²) >= 11 is 3.99. The van der Waals surface area contributed by atoms with Crippen LogP contribution in [-0.2, 0) is 0 Å². The fraction of sp³-hybridized carbons (Fsp3) is 0. The Bertz CT molecular complexity index is 3180. The Balaban J connectivity index is 0.914. The van der Waals surface area contributed by atoms with Gasteiger partial charge in [0.25, 0.3) is 0 Å². The molecule has 11 aromatic rings. The molecule has 2 nitrogen and oxygen atoms in total. The summed E-state index contributed by atoms with van der Waals surface area (Å²) in [5.41, 5.74) is 11.6. The highest BCUT2D eigenvalue weighted by Crippen LogP contribution is 2.44. The van der Waals surface area contributed by atoms with Gasteiger partial charge in [0.1, 0.15) is 0 Å². The number of benzene rings is 10. The van der Waals surface area contributed by atoms with E-state index in [2.05, 4.69) is 220 Å². The third-order valence-corrected chi connectivity index (χ3v) is 12.1. The molecule has 0 unspecified atom stereocenters. The zero-order chi connectivity index (χ0) is 36.5. The van der Waals surface area contributed by atoms with Crippen molar-refractivity contribution in [3.8, 4) is 33.5 Å². The van der Waals surface area contributed by atoms with Gasteiger partial charge in [0.15, 0.2) is 0 Å². The van der Waals surface area contributed by atoms with Gasteiger partial charge in [-0.25, -0.2) is 0 Å². The minimum atomic E-state index is 1.09. The highest BCUT2D eigenvalue weighted by atomic mass is 79.9. The average Bonchev–Trinajstić information content (AvgIpc) is 3.58. The van der Waals surface area contributed by atoms with Crippen LogP contribution in [0.5, 0.6) is 0 Å². The first kappa shape index (κ1) is 31.8. The van der Waals surface area contributed by atoms with Crippen LogP contribution in [0.25, 0.3) is 87.5 Å². The quantitative estimate of drug-likeness (QED) is 0.167. The lowest BCUT2D eigenvalue weighted by atomic mass is 9.91. The second-order valence-electron chi connectivity index (χ2n) is 14.3. The van der Waals surface area contributed by atoms with E-state index in [9.17, 15) is 0 Å². The molecule has 1 aromatic heterocycles. The first-order valence-electron chi connectivity index (χ1n) is 18.7. The number of nitrogens with zero attached hydrogens (tertiary/aromatic N) is 1. The molecule has 1 N–H and O–H groups in total. The molecule has 0 fully saturated rings. The summed E-state index contributed by atoms with van der Waals surface area (Å²) in [7, 11) is 0. The van der Waals surface area contributed by atoms with Crippen molar-refractivity contribution in [1.29, 1.82) is 0 Å². The Morgan fingerprint density at radius 3 is 1.71 bits per heavy atom. The molecular formula is C52H33BrN2. The number of anilines is 3. The van der Waals surface area contributed by atoms with Crippen molar-refractivity contribution in [2.75, 3.05) is 4.90 Å². The van der Waals surface area contributed by atoms with E-state index in [1.165, 1.54) is 76.3 Å². The zero-order valence-corrected chi connectivity index (χ0v) is 31.4. The summed E-state index contributed by atoms with van der Waals surface area (Å²) in [5, 5.41) is 11.4. The Labute approximate surface area is 327 Å². The number of nitrogens with one attached hydrogen (secondary N) is 1. The van der Waals surface area contributed by atoms with Crippen molar-refractivity contribution in [3.05, 3.63) is 199 Å². The van der Waals surface area contributed by atoms with Crippen LogP contribution in [0.1, 0.15) is 0 Å². The standard InChI is InChI=1S/C52H33BrN2/c53-51-46-31-26-40(32-47(46)54-52(51)45-30-25-39-21-20-37-10-6-11-38-24-29-44(45)50(39)49(37)38)35-18-16-33(17-19-35)34-22-27-42(28-23-34)55(41-12-2-1-3-13-41)48-15-7-9-36-8-4-5-14-43(36)48/h1-32,54H. The van der Waals surface area contributed by atoms with Crippen LogP contribution >= 0.6 is 15.9 Å². The molecule has 0 aliphatic carbocycles. The number of hydrogen-bond acceptors (Lipinski definition) is 1. The topological polar surface area (TPSA) is 19.0 Å². The monoisotopic (exact) mass is 764 g/mol. The van der Waals surface area contributed by atoms with Crippen LogP contribution < -0.4 is 4.90 Å². The van der Waals surface area contributed by atoms with Gasteiger partial charge >= 0.3 is 0 Å². The summed E-state index contributed by atoms with van der Waals surface area (Å²) in [6, 6.07) is 70.4. The maximum absolute atomic E-state index is 3.99. The number of hydrogen-bond donors (Lipinski definition) is 1. The number of halogens is 1. The molecule has 0 aliphatic rings. The first-order chi connectivity index (χ1) is 27.2. The summed E-state index contributed by atoms with van der Waals surface area (Å²) in [5.74, 6) is 0. The lowest BCUT2D eigenvalue weighted by molar-refractivity contribution is 1.30. The van der Waals surface area contributed by atoms with Crippen LogP contribution in [0.3, 0.4) is 0 Å². The molecule has 0 saturated carbocycles. The Kier molecular flexibility index (Phi) is 7.36. The molecule has 10 aromatic carbocycles. The molecular weight excluding hydrogens is 732 g/mol. The molecule has 0 radical (unpaired) electrons. The predicted octanol–water partition coefficient (Wildman–Crippen LogP) is 15.5. The lowest BCUT2D eigenvalue weighted by Crippen LogP contribution is -2.10. The van der Waals surface area contributed by atoms with Crippen molar-refractivity contribution in [2.45, 2.75) is 0 Å². The molecule has 1 heterocycles. The van der Waals surface area contributed by atoms with Gasteiger partial charge in [-0.1, -0.05) is 158 Å². The van der Waals surface area contributed by atoms with Crippen molar-refractivity contribution in [1.82, 2.24) is 4.98 Å². The van der Waals surface area contributed by atoms with Crippen LogP contribution in [0, 0.1) is 0 Å². The van der Waals surface area contributed by atoms with E-state index in [1.54, 1.807) is 0 Å². The van der Waals surface area contributed by atoms with Crippen molar-refractivity contribution < 1.29 is 0 Å². The van der Waals surface area contributed by atoms with Gasteiger partial charge < -0.3 is 9.88 Å². The maximum atomic E-state index is 3.99. The molecule has 0 aliphatic heterocycles. The van der Waals surface area contributed by atoms with Crippen LogP contribution in [0.4, 0.5) is 17.1 Å². The highest BCUT2D eigenvalue weighted by molar-refractivity contribution is 9.10. The number of aromatic amines is 1. The van der Waals surface area contributed by atoms with Crippen molar-refractivity contribution in [2.24, 2.45) is 0 Å². The minimum Gasteiger partial charge on any atom is -0.354 e. The zero-order valence-electron chi connectivity index (χ0n) is 29.8. The summed E-state index contributed by atoms with van der Waals surface area (Å²) in [6.45, 7) is 0. The van der Waals surface area contributed by atoms with E-state index in [4.69, 9.17) is 0 Å². The first-order valence-corrected chi connectivity index (χ1v) is 19.5. The second-order valence-corrected chi connectivity index (χ2v) is 15.1. The van der Waals surface area contributed by atoms with Crippen molar-refractivity contribution >= 4 is 87.0 Å². The maximum Gasteiger partial charge on any atom is 0.0615 e. The molecule has 3 heteroatoms. The number of para-hydroxylation sites is 1. The largest absolute Gasteiger partial charge is 0.354 e. The second kappa shape index (κ2) is 12.7. The molecule has 0 spiro atoms. The summed E-state index contributed by atoms with van der Waals surface area (Å²) in [4.78, 5) is 6.15. The predicted molar refractivity (Wildman–Crippen MR) is 238 cm³/mol. The Morgan fingerprint density at radius 2 is 0.927 bits per heavy atom. The van der Waals surface area contributed by atoms with Gasteiger partial charge in [0.05, 0.1) is 15.9 Å². The minimum absolute atomic E-state index is 1.09. The van der Waals surface area contributed by atoms with Gasteiger partial charge in [0, 0.05) is 33.2 Å². The summed E-state index contributed by atoms with van der Waals surface area (Å²) < 4.78 is 1.09. The van der Waals surface area contributed by atoms with Gasteiger partial charge in [-0.05, 0) is 112 Å². The van der Waals surface area contributed by atoms with Crippen LogP contribution in [0.15, 0.2) is 199 Å².